The quantitative estimate of drug-likeness (QED) is 0.547. The summed E-state index contributed by atoms with van der Waals surface area (Å²) in [5.41, 5.74) is 3.06. The SMILES string of the molecule is CC[Si](CC)(c1cc(C)cc(C(C)(C)C)c1O)C1C2C=CC=CC2CC1N1CCCC1. The van der Waals surface area contributed by atoms with Gasteiger partial charge in [-0.1, -0.05) is 88.7 Å². The number of rotatable bonds is 5. The van der Waals surface area contributed by atoms with Crippen molar-refractivity contribution in [2.24, 2.45) is 11.8 Å². The van der Waals surface area contributed by atoms with Gasteiger partial charge in [0.05, 0.1) is 8.07 Å². The molecule has 4 atom stereocenters. The number of allylic oxidation sites excluding steroid dienone is 4. The van der Waals surface area contributed by atoms with Gasteiger partial charge >= 0.3 is 0 Å². The van der Waals surface area contributed by atoms with E-state index in [4.69, 9.17) is 0 Å². The summed E-state index contributed by atoms with van der Waals surface area (Å²) in [5.74, 6) is 1.91. The van der Waals surface area contributed by atoms with E-state index in [2.05, 4.69) is 82.9 Å². The van der Waals surface area contributed by atoms with Crippen LogP contribution in [0, 0.1) is 18.8 Å². The van der Waals surface area contributed by atoms with Crippen molar-refractivity contribution in [3.05, 3.63) is 47.6 Å². The molecule has 0 radical (unpaired) electrons. The molecule has 2 aliphatic carbocycles. The second-order valence-corrected chi connectivity index (χ2v) is 16.3. The van der Waals surface area contributed by atoms with Crippen molar-refractivity contribution in [1.29, 1.82) is 0 Å². The van der Waals surface area contributed by atoms with Crippen LogP contribution in [-0.4, -0.2) is 37.2 Å². The van der Waals surface area contributed by atoms with E-state index < -0.39 is 8.07 Å². The molecule has 0 bridgehead atoms. The maximum Gasteiger partial charge on any atom is 0.118 e. The number of aryl methyl sites for hydroxylation is 1. The highest BCUT2D eigenvalue weighted by atomic mass is 28.3. The van der Waals surface area contributed by atoms with E-state index in [1.54, 1.807) is 0 Å². The lowest BCUT2D eigenvalue weighted by atomic mass is 9.85. The number of hydrogen-bond donors (Lipinski definition) is 1. The van der Waals surface area contributed by atoms with E-state index in [1.165, 1.54) is 55.2 Å². The van der Waals surface area contributed by atoms with Gasteiger partial charge in [-0.15, -0.1) is 0 Å². The highest BCUT2D eigenvalue weighted by Crippen LogP contribution is 2.54. The van der Waals surface area contributed by atoms with Gasteiger partial charge in [0.1, 0.15) is 5.75 Å². The van der Waals surface area contributed by atoms with Gasteiger partial charge in [0, 0.05) is 6.04 Å². The summed E-state index contributed by atoms with van der Waals surface area (Å²) >= 11 is 0. The Morgan fingerprint density at radius 2 is 1.68 bits per heavy atom. The van der Waals surface area contributed by atoms with Crippen LogP contribution < -0.4 is 5.19 Å². The Morgan fingerprint density at radius 1 is 1.03 bits per heavy atom. The Balaban J connectivity index is 1.89. The van der Waals surface area contributed by atoms with Crippen LogP contribution in [-0.2, 0) is 5.41 Å². The second kappa shape index (κ2) is 8.55. The van der Waals surface area contributed by atoms with Crippen molar-refractivity contribution in [3.63, 3.8) is 0 Å². The number of phenolic OH excluding ortho intramolecular Hbond substituents is 1. The molecule has 0 spiro atoms. The maximum atomic E-state index is 11.7. The standard InChI is InChI=1S/C28H43NOSi/c1-7-31(8-2,25-18-20(3)17-23(26(25)30)28(4,5)6)27-22-14-10-9-13-21(22)19-24(27)29-15-11-12-16-29/h9-10,13-14,17-18,21-22,24,27,30H,7-8,11-12,15-16,19H2,1-6H3. The molecule has 1 saturated heterocycles. The first-order valence-electron chi connectivity index (χ1n) is 12.7. The average Bonchev–Trinajstić information content (AvgIpc) is 3.39. The molecule has 1 heterocycles. The highest BCUT2D eigenvalue weighted by molar-refractivity contribution is 6.93. The smallest absolute Gasteiger partial charge is 0.118 e. The molecule has 2 fully saturated rings. The third-order valence-electron chi connectivity index (χ3n) is 8.75. The molecule has 170 valence electrons. The number of benzene rings is 1. The molecule has 4 rings (SSSR count). The minimum Gasteiger partial charge on any atom is -0.508 e. The van der Waals surface area contributed by atoms with Crippen LogP contribution in [0.1, 0.15) is 65.0 Å². The summed E-state index contributed by atoms with van der Waals surface area (Å²) in [4.78, 5) is 2.83. The molecule has 0 amide bonds. The molecule has 1 aromatic rings. The van der Waals surface area contributed by atoms with Crippen LogP contribution >= 0.6 is 0 Å². The first-order chi connectivity index (χ1) is 14.7. The minimum absolute atomic E-state index is 0.0491. The van der Waals surface area contributed by atoms with Crippen LogP contribution in [0.3, 0.4) is 0 Å². The first-order valence-corrected chi connectivity index (χ1v) is 15.2. The molecule has 1 N–H and O–H groups in total. The van der Waals surface area contributed by atoms with Gasteiger partial charge in [-0.05, 0) is 72.8 Å². The summed E-state index contributed by atoms with van der Waals surface area (Å²) in [7, 11) is -1.99. The van der Waals surface area contributed by atoms with Gasteiger partial charge in [0.25, 0.3) is 0 Å². The summed E-state index contributed by atoms with van der Waals surface area (Å²) in [6.07, 6.45) is 13.6. The van der Waals surface area contributed by atoms with Crippen molar-refractivity contribution in [3.8, 4) is 5.75 Å². The number of nitrogens with zero attached hydrogens (tertiary/aromatic N) is 1. The highest BCUT2D eigenvalue weighted by Gasteiger charge is 2.55. The average molecular weight is 438 g/mol. The van der Waals surface area contributed by atoms with E-state index >= 15 is 0 Å². The van der Waals surface area contributed by atoms with E-state index in [-0.39, 0.29) is 5.41 Å². The molecule has 0 aromatic heterocycles. The van der Waals surface area contributed by atoms with Crippen LogP contribution in [0.2, 0.25) is 17.6 Å². The van der Waals surface area contributed by atoms with Gasteiger partial charge < -0.3 is 10.0 Å². The first kappa shape index (κ1) is 22.9. The Morgan fingerprint density at radius 3 is 2.29 bits per heavy atom. The zero-order valence-corrected chi connectivity index (χ0v) is 21.6. The zero-order valence-electron chi connectivity index (χ0n) is 20.6. The lowest BCUT2D eigenvalue weighted by Gasteiger charge is -2.45. The number of likely N-dealkylation sites (tertiary alicyclic amines) is 1. The minimum atomic E-state index is -1.99. The van der Waals surface area contributed by atoms with E-state index in [1.807, 2.05) is 0 Å². The van der Waals surface area contributed by atoms with E-state index in [0.717, 1.165) is 5.56 Å². The molecule has 4 unspecified atom stereocenters. The normalized spacial score (nSPS) is 29.0. The predicted molar refractivity (Wildman–Crippen MR) is 136 cm³/mol. The fourth-order valence-electron chi connectivity index (χ4n) is 7.17. The number of aromatic hydroxyl groups is 1. The van der Waals surface area contributed by atoms with E-state index in [0.29, 0.717) is 29.2 Å². The van der Waals surface area contributed by atoms with Crippen molar-refractivity contribution < 1.29 is 5.11 Å². The molecule has 1 saturated carbocycles. The lowest BCUT2D eigenvalue weighted by Crippen LogP contribution is -2.57. The van der Waals surface area contributed by atoms with Crippen LogP contribution in [0.5, 0.6) is 5.75 Å². The molecule has 1 aliphatic heterocycles. The largest absolute Gasteiger partial charge is 0.508 e. The van der Waals surface area contributed by atoms with Crippen LogP contribution in [0.15, 0.2) is 36.4 Å². The predicted octanol–water partition coefficient (Wildman–Crippen LogP) is 6.29. The van der Waals surface area contributed by atoms with Crippen molar-refractivity contribution in [2.75, 3.05) is 13.1 Å². The van der Waals surface area contributed by atoms with Crippen LogP contribution in [0.4, 0.5) is 0 Å². The molecule has 3 heteroatoms. The topological polar surface area (TPSA) is 23.5 Å². The van der Waals surface area contributed by atoms with Crippen LogP contribution in [0.25, 0.3) is 0 Å². The van der Waals surface area contributed by atoms with Crippen molar-refractivity contribution in [2.45, 2.75) is 89.9 Å². The maximum absolute atomic E-state index is 11.7. The van der Waals surface area contributed by atoms with Gasteiger partial charge in [-0.3, -0.25) is 0 Å². The van der Waals surface area contributed by atoms with Gasteiger partial charge in [0.2, 0.25) is 0 Å². The number of phenols is 1. The van der Waals surface area contributed by atoms with Crippen molar-refractivity contribution >= 4 is 13.3 Å². The number of hydrogen-bond acceptors (Lipinski definition) is 2. The summed E-state index contributed by atoms with van der Waals surface area (Å²) in [6.45, 7) is 16.3. The Labute approximate surface area is 191 Å². The summed E-state index contributed by atoms with van der Waals surface area (Å²) < 4.78 is 0. The molecule has 31 heavy (non-hydrogen) atoms. The van der Waals surface area contributed by atoms with E-state index in [9.17, 15) is 5.11 Å². The van der Waals surface area contributed by atoms with Gasteiger partial charge in [-0.25, -0.2) is 0 Å². The van der Waals surface area contributed by atoms with Gasteiger partial charge in [0.15, 0.2) is 0 Å². The molecular weight excluding hydrogens is 394 g/mol. The Bertz CT molecular complexity index is 854. The molecule has 2 nitrogen and oxygen atoms in total. The molecular formula is C28H43NOSi. The second-order valence-electron chi connectivity index (χ2n) is 11.4. The Kier molecular flexibility index (Phi) is 6.31. The zero-order chi connectivity index (χ0) is 22.4. The van der Waals surface area contributed by atoms with Gasteiger partial charge in [-0.2, -0.15) is 0 Å². The Hall–Kier alpha value is -1.32. The molecule has 1 aromatic carbocycles. The molecule has 3 aliphatic rings. The summed E-state index contributed by atoms with van der Waals surface area (Å²) in [5, 5.41) is 13.1. The lowest BCUT2D eigenvalue weighted by molar-refractivity contribution is 0.239. The third-order valence-corrected chi connectivity index (χ3v) is 14.8. The third kappa shape index (κ3) is 3.86. The number of fused-ring (bicyclic) bond motifs is 1. The fourth-order valence-corrected chi connectivity index (χ4v) is 13.0. The monoisotopic (exact) mass is 437 g/mol. The van der Waals surface area contributed by atoms with Crippen molar-refractivity contribution in [1.82, 2.24) is 4.90 Å². The fraction of sp³-hybridized carbons (Fsp3) is 0.643. The summed E-state index contributed by atoms with van der Waals surface area (Å²) in [6, 6.07) is 7.68.